The van der Waals surface area contributed by atoms with Crippen LogP contribution in [0.5, 0.6) is 0 Å². The Labute approximate surface area is 115 Å². The molecule has 1 heterocycles. The van der Waals surface area contributed by atoms with Crippen LogP contribution in [0.1, 0.15) is 22.5 Å². The minimum atomic E-state index is -3.68. The summed E-state index contributed by atoms with van der Waals surface area (Å²) in [5, 5.41) is 9.29. The molecule has 0 amide bonds. The van der Waals surface area contributed by atoms with Crippen molar-refractivity contribution in [3.63, 3.8) is 0 Å². The van der Waals surface area contributed by atoms with E-state index in [1.54, 1.807) is 0 Å². The van der Waals surface area contributed by atoms with E-state index in [2.05, 4.69) is 4.74 Å². The Balaban J connectivity index is 2.30. The highest BCUT2D eigenvalue weighted by atomic mass is 32.2. The largest absolute Gasteiger partial charge is 0.465 e. The fourth-order valence-corrected chi connectivity index (χ4v) is 4.72. The van der Waals surface area contributed by atoms with E-state index in [0.29, 0.717) is 12.8 Å². The maximum atomic E-state index is 12.4. The standard InChI is InChI=1S/C11H15NO5S2/c1-12(11(7-13)5-6-11)19(15,16)9-4-3-8(18-9)10(14)17-2/h3-4,13H,5-7H2,1-2H3. The van der Waals surface area contributed by atoms with E-state index in [9.17, 15) is 18.3 Å². The van der Waals surface area contributed by atoms with Crippen LogP contribution < -0.4 is 0 Å². The first-order chi connectivity index (χ1) is 8.87. The smallest absolute Gasteiger partial charge is 0.348 e. The first-order valence-corrected chi connectivity index (χ1v) is 7.91. The summed E-state index contributed by atoms with van der Waals surface area (Å²) in [6.07, 6.45) is 1.29. The Bertz CT molecular complexity index is 588. The number of hydrogen-bond donors (Lipinski definition) is 1. The molecule has 0 unspecified atom stereocenters. The lowest BCUT2D eigenvalue weighted by Gasteiger charge is -2.24. The number of rotatable bonds is 5. The van der Waals surface area contributed by atoms with Gasteiger partial charge < -0.3 is 9.84 Å². The molecule has 6 nitrogen and oxygen atoms in total. The van der Waals surface area contributed by atoms with Gasteiger partial charge in [-0.15, -0.1) is 11.3 Å². The maximum Gasteiger partial charge on any atom is 0.348 e. The van der Waals surface area contributed by atoms with Gasteiger partial charge in [0.25, 0.3) is 10.0 Å². The lowest BCUT2D eigenvalue weighted by Crippen LogP contribution is -2.41. The minimum Gasteiger partial charge on any atom is -0.465 e. The number of hydrogen-bond acceptors (Lipinski definition) is 6. The van der Waals surface area contributed by atoms with E-state index in [-0.39, 0.29) is 15.7 Å². The third-order valence-corrected chi connectivity index (χ3v) is 6.87. The number of carbonyl (C=O) groups is 1. The van der Waals surface area contributed by atoms with Crippen molar-refractivity contribution in [2.24, 2.45) is 0 Å². The highest BCUT2D eigenvalue weighted by Crippen LogP contribution is 2.43. The average Bonchev–Trinajstić information content (AvgIpc) is 3.04. The molecule has 1 aromatic heterocycles. The van der Waals surface area contributed by atoms with Crippen LogP contribution in [-0.4, -0.2) is 50.1 Å². The molecule has 0 spiro atoms. The number of likely N-dealkylation sites (N-methyl/N-ethyl adjacent to an activating group) is 1. The van der Waals surface area contributed by atoms with E-state index >= 15 is 0 Å². The van der Waals surface area contributed by atoms with Gasteiger partial charge in [0.15, 0.2) is 0 Å². The van der Waals surface area contributed by atoms with Crippen molar-refractivity contribution in [1.82, 2.24) is 4.31 Å². The fraction of sp³-hybridized carbons (Fsp3) is 0.545. The van der Waals surface area contributed by atoms with Gasteiger partial charge in [-0.25, -0.2) is 13.2 Å². The average molecular weight is 305 g/mol. The van der Waals surface area contributed by atoms with Crippen LogP contribution in [0.25, 0.3) is 0 Å². The summed E-state index contributed by atoms with van der Waals surface area (Å²) in [7, 11) is -0.985. The second-order valence-electron chi connectivity index (χ2n) is 4.47. The zero-order valence-corrected chi connectivity index (χ0v) is 12.3. The van der Waals surface area contributed by atoms with Gasteiger partial charge in [0.1, 0.15) is 9.09 Å². The number of thiophene rings is 1. The Morgan fingerprint density at radius 2 is 2.16 bits per heavy atom. The molecule has 0 radical (unpaired) electrons. The molecule has 0 aromatic carbocycles. The van der Waals surface area contributed by atoms with Crippen molar-refractivity contribution in [2.75, 3.05) is 20.8 Å². The highest BCUT2D eigenvalue weighted by Gasteiger charge is 2.51. The van der Waals surface area contributed by atoms with Crippen LogP contribution in [0, 0.1) is 0 Å². The van der Waals surface area contributed by atoms with Gasteiger partial charge in [0, 0.05) is 7.05 Å². The van der Waals surface area contributed by atoms with E-state index in [1.165, 1.54) is 30.6 Å². The van der Waals surface area contributed by atoms with Gasteiger partial charge in [-0.2, -0.15) is 4.31 Å². The van der Waals surface area contributed by atoms with Gasteiger partial charge in [0.05, 0.1) is 19.3 Å². The van der Waals surface area contributed by atoms with E-state index in [4.69, 9.17) is 0 Å². The molecule has 2 rings (SSSR count). The van der Waals surface area contributed by atoms with Gasteiger partial charge >= 0.3 is 5.97 Å². The number of esters is 1. The topological polar surface area (TPSA) is 83.9 Å². The Kier molecular flexibility index (Phi) is 3.69. The highest BCUT2D eigenvalue weighted by molar-refractivity contribution is 7.91. The number of aliphatic hydroxyl groups excluding tert-OH is 1. The van der Waals surface area contributed by atoms with Gasteiger partial charge in [-0.05, 0) is 25.0 Å². The summed E-state index contributed by atoms with van der Waals surface area (Å²) in [4.78, 5) is 11.6. The summed E-state index contributed by atoms with van der Waals surface area (Å²) in [5.74, 6) is -0.558. The number of carbonyl (C=O) groups excluding carboxylic acids is 1. The Morgan fingerprint density at radius 1 is 1.53 bits per heavy atom. The summed E-state index contributed by atoms with van der Waals surface area (Å²) in [6, 6.07) is 2.81. The molecule has 0 bridgehead atoms. The lowest BCUT2D eigenvalue weighted by atomic mass is 10.3. The van der Waals surface area contributed by atoms with E-state index in [0.717, 1.165) is 11.3 Å². The first-order valence-electron chi connectivity index (χ1n) is 5.65. The summed E-state index contributed by atoms with van der Waals surface area (Å²) >= 11 is 0.869. The van der Waals surface area contributed by atoms with Crippen molar-refractivity contribution in [2.45, 2.75) is 22.6 Å². The maximum absolute atomic E-state index is 12.4. The van der Waals surface area contributed by atoms with Gasteiger partial charge in [-0.3, -0.25) is 0 Å². The van der Waals surface area contributed by atoms with Crippen molar-refractivity contribution in [3.8, 4) is 0 Å². The van der Waals surface area contributed by atoms with Crippen molar-refractivity contribution >= 4 is 27.3 Å². The van der Waals surface area contributed by atoms with Crippen LogP contribution in [0.4, 0.5) is 0 Å². The number of methoxy groups -OCH3 is 1. The van der Waals surface area contributed by atoms with Crippen molar-refractivity contribution < 1.29 is 23.1 Å². The molecule has 1 aliphatic rings. The predicted molar refractivity (Wildman–Crippen MR) is 69.7 cm³/mol. The number of ether oxygens (including phenoxy) is 1. The third kappa shape index (κ3) is 2.40. The van der Waals surface area contributed by atoms with Crippen LogP contribution in [0.2, 0.25) is 0 Å². The van der Waals surface area contributed by atoms with Crippen LogP contribution in [0.3, 0.4) is 0 Å². The van der Waals surface area contributed by atoms with Gasteiger partial charge in [-0.1, -0.05) is 0 Å². The molecule has 106 valence electrons. The summed E-state index contributed by atoms with van der Waals surface area (Å²) < 4.78 is 30.6. The molecule has 1 fully saturated rings. The Morgan fingerprint density at radius 3 is 2.63 bits per heavy atom. The second-order valence-corrected chi connectivity index (χ2v) is 7.75. The zero-order chi connectivity index (χ0) is 14.3. The molecule has 0 aliphatic heterocycles. The second kappa shape index (κ2) is 4.86. The van der Waals surface area contributed by atoms with Crippen LogP contribution in [-0.2, 0) is 14.8 Å². The van der Waals surface area contributed by atoms with E-state index in [1.807, 2.05) is 0 Å². The molecule has 0 saturated heterocycles. The summed E-state index contributed by atoms with van der Waals surface area (Å²) in [5.41, 5.74) is -0.672. The SMILES string of the molecule is COC(=O)c1ccc(S(=O)(=O)N(C)C2(CO)CC2)s1. The quantitative estimate of drug-likeness (QED) is 0.809. The zero-order valence-electron chi connectivity index (χ0n) is 10.6. The molecule has 8 heteroatoms. The molecular weight excluding hydrogens is 290 g/mol. The molecule has 19 heavy (non-hydrogen) atoms. The lowest BCUT2D eigenvalue weighted by molar-refractivity contribution is 0.0606. The Hall–Kier alpha value is -0.960. The predicted octanol–water partition coefficient (Wildman–Crippen LogP) is 0.680. The van der Waals surface area contributed by atoms with E-state index < -0.39 is 21.5 Å². The van der Waals surface area contributed by atoms with Crippen molar-refractivity contribution in [3.05, 3.63) is 17.0 Å². The molecule has 1 aromatic rings. The number of sulfonamides is 1. The van der Waals surface area contributed by atoms with Crippen LogP contribution in [0.15, 0.2) is 16.3 Å². The molecular formula is C11H15NO5S2. The fourth-order valence-electron chi connectivity index (χ4n) is 1.78. The normalized spacial score (nSPS) is 17.5. The summed E-state index contributed by atoms with van der Waals surface area (Å²) in [6.45, 7) is -0.196. The number of nitrogens with zero attached hydrogens (tertiary/aromatic N) is 1. The molecule has 0 atom stereocenters. The third-order valence-electron chi connectivity index (χ3n) is 3.37. The van der Waals surface area contributed by atoms with Crippen molar-refractivity contribution in [1.29, 1.82) is 0 Å². The van der Waals surface area contributed by atoms with Gasteiger partial charge in [0.2, 0.25) is 0 Å². The minimum absolute atomic E-state index is 0.0788. The van der Waals surface area contributed by atoms with Crippen LogP contribution >= 0.6 is 11.3 Å². The monoisotopic (exact) mass is 305 g/mol. The molecule has 1 aliphatic carbocycles. The number of aliphatic hydroxyl groups is 1. The first kappa shape index (κ1) is 14.4. The molecule has 1 saturated carbocycles. The molecule has 1 N–H and O–H groups in total.